The van der Waals surface area contributed by atoms with Crippen molar-refractivity contribution >= 4 is 18.3 Å². The Morgan fingerprint density at radius 1 is 1.33 bits per heavy atom. The molecule has 1 amide bonds. The molecule has 0 unspecified atom stereocenters. The average Bonchev–Trinajstić information content (AvgIpc) is 2.31. The van der Waals surface area contributed by atoms with Gasteiger partial charge in [0.1, 0.15) is 0 Å². The predicted octanol–water partition coefficient (Wildman–Crippen LogP) is 2.66. The standard InChI is InChI=1S/C10H15N.C4H7NO.ClH/c1-2-8-11-9-10-6-4-3-5-7-10;1-3(2)4(5)6;/h3-7,11H,2,8-9H2,1H3;1H2,2H3,(H2,5,6);1H. The summed E-state index contributed by atoms with van der Waals surface area (Å²) in [5.74, 6) is -0.435. The van der Waals surface area contributed by atoms with Crippen LogP contribution in [-0.2, 0) is 11.3 Å². The van der Waals surface area contributed by atoms with E-state index in [1.807, 2.05) is 6.07 Å². The lowest BCUT2D eigenvalue weighted by molar-refractivity contribution is -0.114. The van der Waals surface area contributed by atoms with Crippen LogP contribution in [0.4, 0.5) is 0 Å². The van der Waals surface area contributed by atoms with Crippen molar-refractivity contribution < 1.29 is 4.79 Å². The van der Waals surface area contributed by atoms with Crippen molar-refractivity contribution in [3.05, 3.63) is 48.0 Å². The zero-order chi connectivity index (χ0) is 13.1. The van der Waals surface area contributed by atoms with E-state index in [1.165, 1.54) is 12.0 Å². The lowest BCUT2D eigenvalue weighted by Crippen LogP contribution is -2.13. The Morgan fingerprint density at radius 2 is 1.83 bits per heavy atom. The minimum atomic E-state index is -0.435. The molecule has 1 aromatic carbocycles. The molecule has 0 spiro atoms. The molecule has 1 rings (SSSR count). The van der Waals surface area contributed by atoms with Gasteiger partial charge in [-0.25, -0.2) is 0 Å². The van der Waals surface area contributed by atoms with Crippen molar-refractivity contribution in [3.63, 3.8) is 0 Å². The summed E-state index contributed by atoms with van der Waals surface area (Å²) in [6.07, 6.45) is 1.20. The maximum atomic E-state index is 9.82. The fourth-order valence-electron chi connectivity index (χ4n) is 1.01. The first-order chi connectivity index (χ1) is 8.07. The Hall–Kier alpha value is -1.32. The number of carbonyl (C=O) groups is 1. The normalized spacial score (nSPS) is 8.56. The molecule has 0 bridgehead atoms. The van der Waals surface area contributed by atoms with Gasteiger partial charge in [0, 0.05) is 12.1 Å². The Kier molecular flexibility index (Phi) is 12.8. The van der Waals surface area contributed by atoms with Gasteiger partial charge in [-0.15, -0.1) is 12.4 Å². The molecule has 0 aliphatic rings. The van der Waals surface area contributed by atoms with E-state index in [0.29, 0.717) is 5.57 Å². The molecule has 0 radical (unpaired) electrons. The fraction of sp³-hybridized carbons (Fsp3) is 0.357. The number of rotatable bonds is 5. The van der Waals surface area contributed by atoms with Crippen LogP contribution in [0.25, 0.3) is 0 Å². The van der Waals surface area contributed by atoms with Gasteiger partial charge in [-0.2, -0.15) is 0 Å². The number of primary amides is 1. The highest BCUT2D eigenvalue weighted by atomic mass is 35.5. The molecule has 0 atom stereocenters. The summed E-state index contributed by atoms with van der Waals surface area (Å²) in [6.45, 7) is 9.13. The van der Waals surface area contributed by atoms with Crippen LogP contribution in [0, 0.1) is 0 Å². The highest BCUT2D eigenvalue weighted by Gasteiger charge is 1.87. The Morgan fingerprint density at radius 3 is 2.22 bits per heavy atom. The lowest BCUT2D eigenvalue weighted by Gasteiger charge is -2.01. The van der Waals surface area contributed by atoms with Gasteiger partial charge >= 0.3 is 0 Å². The highest BCUT2D eigenvalue weighted by molar-refractivity contribution is 5.90. The van der Waals surface area contributed by atoms with Gasteiger partial charge < -0.3 is 11.1 Å². The number of hydrogen-bond donors (Lipinski definition) is 2. The SMILES string of the molecule is C=C(C)C(N)=O.CCCNCc1ccccc1.Cl. The molecule has 0 aromatic heterocycles. The van der Waals surface area contributed by atoms with E-state index in [9.17, 15) is 4.79 Å². The van der Waals surface area contributed by atoms with Crippen LogP contribution in [0.15, 0.2) is 42.5 Å². The summed E-state index contributed by atoms with van der Waals surface area (Å²) in [5.41, 5.74) is 6.46. The number of halogens is 1. The van der Waals surface area contributed by atoms with E-state index < -0.39 is 5.91 Å². The highest BCUT2D eigenvalue weighted by Crippen LogP contribution is 1.96. The largest absolute Gasteiger partial charge is 0.366 e. The predicted molar refractivity (Wildman–Crippen MR) is 79.7 cm³/mol. The summed E-state index contributed by atoms with van der Waals surface area (Å²) in [7, 11) is 0. The van der Waals surface area contributed by atoms with Crippen molar-refractivity contribution in [2.24, 2.45) is 5.73 Å². The summed E-state index contributed by atoms with van der Waals surface area (Å²) in [5, 5.41) is 3.35. The molecule has 0 fully saturated rings. The van der Waals surface area contributed by atoms with Gasteiger partial charge in [0.05, 0.1) is 0 Å². The summed E-state index contributed by atoms with van der Waals surface area (Å²) < 4.78 is 0. The molecule has 0 saturated heterocycles. The summed E-state index contributed by atoms with van der Waals surface area (Å²) in [6, 6.07) is 10.5. The molecule has 0 heterocycles. The van der Waals surface area contributed by atoms with E-state index in [1.54, 1.807) is 6.92 Å². The van der Waals surface area contributed by atoms with Crippen LogP contribution in [0.1, 0.15) is 25.8 Å². The molecule has 18 heavy (non-hydrogen) atoms. The van der Waals surface area contributed by atoms with Gasteiger partial charge in [0.15, 0.2) is 0 Å². The smallest absolute Gasteiger partial charge is 0.243 e. The first-order valence-electron chi connectivity index (χ1n) is 5.77. The topological polar surface area (TPSA) is 55.1 Å². The lowest BCUT2D eigenvalue weighted by atomic mass is 10.2. The Bertz CT molecular complexity index is 327. The van der Waals surface area contributed by atoms with Crippen molar-refractivity contribution in [1.29, 1.82) is 0 Å². The molecule has 4 heteroatoms. The first kappa shape index (κ1) is 19.0. The number of nitrogens with one attached hydrogen (secondary N) is 1. The molecule has 3 N–H and O–H groups in total. The second kappa shape index (κ2) is 12.1. The molecule has 0 aliphatic heterocycles. The maximum absolute atomic E-state index is 9.82. The summed E-state index contributed by atoms with van der Waals surface area (Å²) in [4.78, 5) is 9.82. The van der Waals surface area contributed by atoms with Crippen molar-refractivity contribution in [3.8, 4) is 0 Å². The Balaban J connectivity index is 0. The number of amides is 1. The van der Waals surface area contributed by atoms with E-state index in [0.717, 1.165) is 13.1 Å². The molecule has 0 aliphatic carbocycles. The zero-order valence-electron chi connectivity index (χ0n) is 11.1. The van der Waals surface area contributed by atoms with Gasteiger partial charge in [-0.05, 0) is 25.5 Å². The molecule has 1 aromatic rings. The molecule has 102 valence electrons. The number of nitrogens with two attached hydrogens (primary N) is 1. The number of benzene rings is 1. The molecular weight excluding hydrogens is 248 g/mol. The van der Waals surface area contributed by atoms with E-state index >= 15 is 0 Å². The van der Waals surface area contributed by atoms with Gasteiger partial charge in [0.25, 0.3) is 0 Å². The molecule has 3 nitrogen and oxygen atoms in total. The third-order valence-electron chi connectivity index (χ3n) is 2.02. The average molecular weight is 271 g/mol. The van der Waals surface area contributed by atoms with Crippen molar-refractivity contribution in [2.45, 2.75) is 26.8 Å². The van der Waals surface area contributed by atoms with E-state index in [-0.39, 0.29) is 12.4 Å². The quantitative estimate of drug-likeness (QED) is 0.638. The van der Waals surface area contributed by atoms with Crippen LogP contribution >= 0.6 is 12.4 Å². The molecule has 0 saturated carbocycles. The minimum Gasteiger partial charge on any atom is -0.366 e. The first-order valence-corrected chi connectivity index (χ1v) is 5.77. The fourth-order valence-corrected chi connectivity index (χ4v) is 1.01. The number of carbonyl (C=O) groups excluding carboxylic acids is 1. The summed E-state index contributed by atoms with van der Waals surface area (Å²) >= 11 is 0. The van der Waals surface area contributed by atoms with Crippen LogP contribution in [0.5, 0.6) is 0 Å². The molecular formula is C14H23ClN2O. The maximum Gasteiger partial charge on any atom is 0.243 e. The monoisotopic (exact) mass is 270 g/mol. The van der Waals surface area contributed by atoms with Crippen LogP contribution in [0.2, 0.25) is 0 Å². The van der Waals surface area contributed by atoms with Crippen molar-refractivity contribution in [1.82, 2.24) is 5.32 Å². The third-order valence-corrected chi connectivity index (χ3v) is 2.02. The van der Waals surface area contributed by atoms with Crippen LogP contribution < -0.4 is 11.1 Å². The third kappa shape index (κ3) is 11.2. The van der Waals surface area contributed by atoms with Crippen LogP contribution in [0.3, 0.4) is 0 Å². The second-order valence-electron chi connectivity index (χ2n) is 3.81. The minimum absolute atomic E-state index is 0. The number of hydrogen-bond acceptors (Lipinski definition) is 2. The van der Waals surface area contributed by atoms with E-state index in [2.05, 4.69) is 43.1 Å². The van der Waals surface area contributed by atoms with Crippen LogP contribution in [-0.4, -0.2) is 12.5 Å². The van der Waals surface area contributed by atoms with Crippen molar-refractivity contribution in [2.75, 3.05) is 6.54 Å². The zero-order valence-corrected chi connectivity index (χ0v) is 11.9. The van der Waals surface area contributed by atoms with Gasteiger partial charge in [-0.3, -0.25) is 4.79 Å². The van der Waals surface area contributed by atoms with Gasteiger partial charge in [0.2, 0.25) is 5.91 Å². The van der Waals surface area contributed by atoms with E-state index in [4.69, 9.17) is 5.73 Å². The second-order valence-corrected chi connectivity index (χ2v) is 3.81. The Labute approximate surface area is 116 Å². The van der Waals surface area contributed by atoms with Gasteiger partial charge in [-0.1, -0.05) is 43.8 Å².